The third-order valence-corrected chi connectivity index (χ3v) is 6.64. The minimum atomic E-state index is -0.675. The van der Waals surface area contributed by atoms with Crippen molar-refractivity contribution in [3.05, 3.63) is 51.4 Å². The third-order valence-electron chi connectivity index (χ3n) is 5.17. The molecule has 0 bridgehead atoms. The maximum Gasteiger partial charge on any atom is 0.262 e. The van der Waals surface area contributed by atoms with Gasteiger partial charge in [-0.05, 0) is 43.2 Å². The lowest BCUT2D eigenvalue weighted by molar-refractivity contribution is -0.123. The molecule has 0 saturated carbocycles. The fourth-order valence-corrected chi connectivity index (χ4v) is 5.13. The molecule has 154 valence electrons. The third kappa shape index (κ3) is 4.13. The molecule has 1 saturated heterocycles. The highest BCUT2D eigenvalue weighted by Crippen LogP contribution is 2.42. The first-order chi connectivity index (χ1) is 13.9. The number of nitrogens with one attached hydrogen (secondary N) is 2. The van der Waals surface area contributed by atoms with Crippen molar-refractivity contribution in [2.24, 2.45) is 0 Å². The fraction of sp³-hybridized carbons (Fsp3) is 0.429. The number of morpholine rings is 1. The highest BCUT2D eigenvalue weighted by Gasteiger charge is 2.41. The van der Waals surface area contributed by atoms with Gasteiger partial charge in [0.25, 0.3) is 5.91 Å². The Morgan fingerprint density at radius 1 is 1.28 bits per heavy atom. The largest absolute Gasteiger partial charge is 0.378 e. The van der Waals surface area contributed by atoms with Crippen LogP contribution < -0.4 is 15.5 Å². The number of carbonyl (C=O) groups excluding carboxylic acids is 2. The molecule has 2 aromatic rings. The molecule has 2 aliphatic heterocycles. The van der Waals surface area contributed by atoms with Crippen molar-refractivity contribution in [3.8, 4) is 0 Å². The van der Waals surface area contributed by atoms with Gasteiger partial charge in [-0.25, -0.2) is 0 Å². The highest BCUT2D eigenvalue weighted by molar-refractivity contribution is 7.18. The van der Waals surface area contributed by atoms with Crippen molar-refractivity contribution >= 4 is 39.8 Å². The highest BCUT2D eigenvalue weighted by atomic mass is 35.5. The minimum Gasteiger partial charge on any atom is -0.378 e. The van der Waals surface area contributed by atoms with Crippen molar-refractivity contribution in [3.63, 3.8) is 0 Å². The van der Waals surface area contributed by atoms with Crippen LogP contribution in [0.15, 0.2) is 30.3 Å². The predicted molar refractivity (Wildman–Crippen MR) is 115 cm³/mol. The number of ether oxygens (including phenoxy) is 1. The molecule has 1 fully saturated rings. The second kappa shape index (κ2) is 8.34. The molecule has 2 amide bonds. The quantitative estimate of drug-likeness (QED) is 0.777. The van der Waals surface area contributed by atoms with Gasteiger partial charge in [-0.2, -0.15) is 0 Å². The zero-order chi connectivity index (χ0) is 20.5. The number of thiophene rings is 1. The molecule has 2 aliphatic rings. The monoisotopic (exact) mass is 433 g/mol. The lowest BCUT2D eigenvalue weighted by Gasteiger charge is -2.32. The lowest BCUT2D eigenvalue weighted by Crippen LogP contribution is -2.54. The van der Waals surface area contributed by atoms with Crippen LogP contribution in [-0.4, -0.2) is 50.2 Å². The van der Waals surface area contributed by atoms with E-state index in [9.17, 15) is 9.59 Å². The number of carbonyl (C=O) groups is 2. The topological polar surface area (TPSA) is 70.7 Å². The summed E-state index contributed by atoms with van der Waals surface area (Å²) in [7, 11) is 0. The summed E-state index contributed by atoms with van der Waals surface area (Å²) in [6.07, 6.45) is 0. The number of anilines is 1. The lowest BCUT2D eigenvalue weighted by atomic mass is 9.82. The molecule has 2 atom stereocenters. The van der Waals surface area contributed by atoms with Crippen LogP contribution in [-0.2, 0) is 9.53 Å². The van der Waals surface area contributed by atoms with Crippen LogP contribution >= 0.6 is 22.9 Å². The summed E-state index contributed by atoms with van der Waals surface area (Å²) in [6.45, 7) is 6.76. The molecule has 0 radical (unpaired) electrons. The maximum absolute atomic E-state index is 12.9. The summed E-state index contributed by atoms with van der Waals surface area (Å²) < 4.78 is 5.45. The van der Waals surface area contributed by atoms with Crippen molar-refractivity contribution in [2.45, 2.75) is 31.8 Å². The molecular weight excluding hydrogens is 410 g/mol. The Kier molecular flexibility index (Phi) is 5.81. The molecule has 29 heavy (non-hydrogen) atoms. The smallest absolute Gasteiger partial charge is 0.262 e. The van der Waals surface area contributed by atoms with E-state index < -0.39 is 6.04 Å². The number of fused-ring (bicyclic) bond motifs is 1. The van der Waals surface area contributed by atoms with E-state index in [0.29, 0.717) is 23.1 Å². The van der Waals surface area contributed by atoms with Gasteiger partial charge in [0.05, 0.1) is 23.1 Å². The summed E-state index contributed by atoms with van der Waals surface area (Å²) in [5, 5.41) is 7.56. The summed E-state index contributed by atoms with van der Waals surface area (Å²) in [6, 6.07) is 8.87. The van der Waals surface area contributed by atoms with Gasteiger partial charge < -0.3 is 20.3 Å². The number of rotatable bonds is 4. The first-order valence-electron chi connectivity index (χ1n) is 9.77. The number of amides is 2. The predicted octanol–water partition coefficient (Wildman–Crippen LogP) is 3.01. The number of hydrogen-bond acceptors (Lipinski definition) is 5. The standard InChI is InChI=1S/C21H24ClN3O3S/c1-12(2)23-20(26)18-17(13-3-5-14(22)6-4-13)15-11-16(25-7-9-28-10-8-25)29-19(15)21(27)24-18/h3-6,11-12,17-18H,7-10H2,1-2H3,(H,23,26)(H,24,27). The second-order valence-electron chi connectivity index (χ2n) is 7.61. The van der Waals surface area contributed by atoms with Crippen LogP contribution in [0.5, 0.6) is 0 Å². The SMILES string of the molecule is CC(C)NC(=O)C1NC(=O)c2sc(N3CCOCC3)cc2C1c1ccc(Cl)cc1. The van der Waals surface area contributed by atoms with Crippen LogP contribution in [0.1, 0.15) is 40.6 Å². The van der Waals surface area contributed by atoms with Crippen LogP contribution in [0.3, 0.4) is 0 Å². The molecular formula is C21H24ClN3O3S. The first-order valence-corrected chi connectivity index (χ1v) is 11.0. The van der Waals surface area contributed by atoms with Crippen LogP contribution in [0.25, 0.3) is 0 Å². The Morgan fingerprint density at radius 3 is 2.62 bits per heavy atom. The molecule has 3 heterocycles. The molecule has 0 spiro atoms. The van der Waals surface area contributed by atoms with Gasteiger partial charge in [0.15, 0.2) is 0 Å². The Hall–Kier alpha value is -2.09. The molecule has 2 unspecified atom stereocenters. The molecule has 2 N–H and O–H groups in total. The van der Waals surface area contributed by atoms with E-state index in [1.807, 2.05) is 38.1 Å². The summed E-state index contributed by atoms with van der Waals surface area (Å²) in [5.41, 5.74) is 1.84. The summed E-state index contributed by atoms with van der Waals surface area (Å²) in [4.78, 5) is 28.7. The van der Waals surface area contributed by atoms with Crippen molar-refractivity contribution in [2.75, 3.05) is 31.2 Å². The van der Waals surface area contributed by atoms with Gasteiger partial charge in [-0.1, -0.05) is 23.7 Å². The summed E-state index contributed by atoms with van der Waals surface area (Å²) in [5.74, 6) is -0.651. The molecule has 8 heteroatoms. The van der Waals surface area contributed by atoms with Gasteiger partial charge in [0.1, 0.15) is 6.04 Å². The first kappa shape index (κ1) is 20.2. The van der Waals surface area contributed by atoms with Gasteiger partial charge >= 0.3 is 0 Å². The number of hydrogen-bond donors (Lipinski definition) is 2. The molecule has 1 aromatic carbocycles. The Morgan fingerprint density at radius 2 is 1.97 bits per heavy atom. The zero-order valence-electron chi connectivity index (χ0n) is 16.4. The average molecular weight is 434 g/mol. The van der Waals surface area contributed by atoms with E-state index in [0.717, 1.165) is 29.2 Å². The fourth-order valence-electron chi connectivity index (χ4n) is 3.84. The zero-order valence-corrected chi connectivity index (χ0v) is 18.0. The normalized spacial score (nSPS) is 21.7. The van der Waals surface area contributed by atoms with E-state index in [2.05, 4.69) is 21.6 Å². The van der Waals surface area contributed by atoms with E-state index in [1.54, 1.807) is 0 Å². The second-order valence-corrected chi connectivity index (χ2v) is 9.08. The number of nitrogens with zero attached hydrogens (tertiary/aromatic N) is 1. The van der Waals surface area contributed by atoms with Gasteiger partial charge in [-0.3, -0.25) is 9.59 Å². The average Bonchev–Trinajstić information content (AvgIpc) is 3.15. The number of halogens is 1. The minimum absolute atomic E-state index is 0.0157. The van der Waals surface area contributed by atoms with E-state index in [-0.39, 0.29) is 23.8 Å². The van der Waals surface area contributed by atoms with Gasteiger partial charge in [0, 0.05) is 30.1 Å². The molecule has 6 nitrogen and oxygen atoms in total. The van der Waals surface area contributed by atoms with Crippen molar-refractivity contribution in [1.29, 1.82) is 0 Å². The van der Waals surface area contributed by atoms with E-state index >= 15 is 0 Å². The number of benzene rings is 1. The Labute approximate surface area is 179 Å². The van der Waals surface area contributed by atoms with E-state index in [1.165, 1.54) is 11.3 Å². The molecule has 1 aromatic heterocycles. The molecule has 4 rings (SSSR count). The van der Waals surface area contributed by atoms with Crippen LogP contribution in [0, 0.1) is 0 Å². The maximum atomic E-state index is 12.9. The van der Waals surface area contributed by atoms with Crippen LogP contribution in [0.2, 0.25) is 5.02 Å². The van der Waals surface area contributed by atoms with E-state index in [4.69, 9.17) is 16.3 Å². The van der Waals surface area contributed by atoms with Gasteiger partial charge in [-0.15, -0.1) is 11.3 Å². The Balaban J connectivity index is 1.77. The van der Waals surface area contributed by atoms with Crippen LogP contribution in [0.4, 0.5) is 5.00 Å². The van der Waals surface area contributed by atoms with Crippen molar-refractivity contribution < 1.29 is 14.3 Å². The van der Waals surface area contributed by atoms with Crippen molar-refractivity contribution in [1.82, 2.24) is 10.6 Å². The Bertz CT molecular complexity index is 906. The molecule has 0 aliphatic carbocycles. The van der Waals surface area contributed by atoms with Gasteiger partial charge in [0.2, 0.25) is 5.91 Å². The summed E-state index contributed by atoms with van der Waals surface area (Å²) >= 11 is 7.56.